The maximum absolute atomic E-state index is 12.5. The summed E-state index contributed by atoms with van der Waals surface area (Å²) in [5.74, 6) is -0.491. The number of hydrogen-bond donors (Lipinski definition) is 0. The van der Waals surface area contributed by atoms with Crippen LogP contribution in [0.15, 0.2) is 47.9 Å². The SMILES string of the molecule is COC(=O)c1cccc(CN2CCN(C(=O)/C=C/c3cccs3)CCC2=O)c1. The lowest BCUT2D eigenvalue weighted by Gasteiger charge is -2.22. The quantitative estimate of drug-likeness (QED) is 0.574. The Morgan fingerprint density at radius 2 is 2.04 bits per heavy atom. The van der Waals surface area contributed by atoms with Crippen molar-refractivity contribution in [1.82, 2.24) is 9.80 Å². The van der Waals surface area contributed by atoms with E-state index in [9.17, 15) is 14.4 Å². The van der Waals surface area contributed by atoms with Crippen LogP contribution in [0.5, 0.6) is 0 Å². The molecule has 0 atom stereocenters. The first-order valence-electron chi connectivity index (χ1n) is 9.02. The molecule has 6 nitrogen and oxygen atoms in total. The van der Waals surface area contributed by atoms with Crippen molar-refractivity contribution in [2.24, 2.45) is 0 Å². The normalized spacial score (nSPS) is 15.0. The van der Waals surface area contributed by atoms with Crippen LogP contribution in [0.1, 0.15) is 27.2 Å². The highest BCUT2D eigenvalue weighted by Gasteiger charge is 2.23. The summed E-state index contributed by atoms with van der Waals surface area (Å²) in [6, 6.07) is 10.9. The van der Waals surface area contributed by atoms with Crippen LogP contribution in [0.2, 0.25) is 0 Å². The van der Waals surface area contributed by atoms with Crippen molar-refractivity contribution < 1.29 is 19.1 Å². The molecule has 1 aromatic carbocycles. The van der Waals surface area contributed by atoms with E-state index >= 15 is 0 Å². The Labute approximate surface area is 168 Å². The molecule has 1 aliphatic heterocycles. The van der Waals surface area contributed by atoms with Crippen LogP contribution in [0.25, 0.3) is 6.08 Å². The summed E-state index contributed by atoms with van der Waals surface area (Å²) in [5, 5.41) is 1.96. The molecule has 2 aromatic rings. The summed E-state index contributed by atoms with van der Waals surface area (Å²) in [7, 11) is 1.34. The first-order valence-corrected chi connectivity index (χ1v) is 9.90. The molecule has 2 amide bonds. The molecule has 0 unspecified atom stereocenters. The van der Waals surface area contributed by atoms with E-state index in [4.69, 9.17) is 4.74 Å². The highest BCUT2D eigenvalue weighted by Crippen LogP contribution is 2.14. The van der Waals surface area contributed by atoms with Gasteiger partial charge in [-0.2, -0.15) is 0 Å². The van der Waals surface area contributed by atoms with Crippen molar-refractivity contribution in [3.05, 3.63) is 63.9 Å². The van der Waals surface area contributed by atoms with Gasteiger partial charge in [-0.15, -0.1) is 11.3 Å². The predicted molar refractivity (Wildman–Crippen MR) is 108 cm³/mol. The summed E-state index contributed by atoms with van der Waals surface area (Å²) in [4.78, 5) is 41.1. The highest BCUT2D eigenvalue weighted by atomic mass is 32.1. The molecule has 0 radical (unpaired) electrons. The van der Waals surface area contributed by atoms with Gasteiger partial charge in [0.25, 0.3) is 0 Å². The maximum atomic E-state index is 12.5. The van der Waals surface area contributed by atoms with Crippen molar-refractivity contribution in [2.75, 3.05) is 26.7 Å². The molecular formula is C21H22N2O4S. The molecule has 1 fully saturated rings. The largest absolute Gasteiger partial charge is 0.465 e. The zero-order valence-corrected chi connectivity index (χ0v) is 16.5. The molecule has 2 heterocycles. The molecule has 0 aliphatic carbocycles. The average molecular weight is 398 g/mol. The maximum Gasteiger partial charge on any atom is 0.337 e. The van der Waals surface area contributed by atoms with Crippen molar-refractivity contribution in [1.29, 1.82) is 0 Å². The number of thiophene rings is 1. The van der Waals surface area contributed by atoms with Gasteiger partial charge in [-0.25, -0.2) is 4.79 Å². The van der Waals surface area contributed by atoms with Crippen molar-refractivity contribution in [2.45, 2.75) is 13.0 Å². The predicted octanol–water partition coefficient (Wildman–Crippen LogP) is 2.81. The Bertz CT molecular complexity index is 876. The van der Waals surface area contributed by atoms with Crippen LogP contribution in [0.4, 0.5) is 0 Å². The number of amides is 2. The van der Waals surface area contributed by atoms with Crippen LogP contribution in [0.3, 0.4) is 0 Å². The Morgan fingerprint density at radius 1 is 1.18 bits per heavy atom. The molecule has 7 heteroatoms. The van der Waals surface area contributed by atoms with Crippen molar-refractivity contribution in [3.8, 4) is 0 Å². The van der Waals surface area contributed by atoms with Crippen LogP contribution in [-0.4, -0.2) is 54.3 Å². The number of esters is 1. The van der Waals surface area contributed by atoms with Gasteiger partial charge in [0.2, 0.25) is 11.8 Å². The lowest BCUT2D eigenvalue weighted by Crippen LogP contribution is -2.34. The zero-order valence-electron chi connectivity index (χ0n) is 15.7. The number of carbonyl (C=O) groups is 3. The smallest absolute Gasteiger partial charge is 0.337 e. The second-order valence-corrected chi connectivity index (χ2v) is 7.41. The molecule has 0 N–H and O–H groups in total. The van der Waals surface area contributed by atoms with Crippen LogP contribution in [0, 0.1) is 0 Å². The van der Waals surface area contributed by atoms with Crippen molar-refractivity contribution >= 4 is 35.2 Å². The van der Waals surface area contributed by atoms with Crippen molar-refractivity contribution in [3.63, 3.8) is 0 Å². The Balaban J connectivity index is 1.62. The van der Waals surface area contributed by atoms with E-state index in [0.717, 1.165) is 10.4 Å². The van der Waals surface area contributed by atoms with E-state index in [1.54, 1.807) is 51.5 Å². The Kier molecular flexibility index (Phi) is 6.60. The van der Waals surface area contributed by atoms with Gasteiger partial charge < -0.3 is 14.5 Å². The van der Waals surface area contributed by atoms with Gasteiger partial charge in [0.15, 0.2) is 0 Å². The molecule has 146 valence electrons. The fourth-order valence-electron chi connectivity index (χ4n) is 3.03. The molecule has 1 aromatic heterocycles. The topological polar surface area (TPSA) is 66.9 Å². The Hall–Kier alpha value is -2.93. The van der Waals surface area contributed by atoms with E-state index in [2.05, 4.69) is 0 Å². The lowest BCUT2D eigenvalue weighted by atomic mass is 10.1. The number of carbonyl (C=O) groups excluding carboxylic acids is 3. The van der Waals surface area contributed by atoms with E-state index in [-0.39, 0.29) is 18.2 Å². The van der Waals surface area contributed by atoms with Gasteiger partial charge in [-0.3, -0.25) is 9.59 Å². The fraction of sp³-hybridized carbons (Fsp3) is 0.286. The second-order valence-electron chi connectivity index (χ2n) is 6.43. The van der Waals surface area contributed by atoms with E-state index in [0.29, 0.717) is 31.7 Å². The summed E-state index contributed by atoms with van der Waals surface area (Å²) < 4.78 is 4.74. The monoisotopic (exact) mass is 398 g/mol. The van der Waals surface area contributed by atoms with Gasteiger partial charge in [-0.1, -0.05) is 18.2 Å². The minimum atomic E-state index is -0.404. The first-order chi connectivity index (χ1) is 13.6. The van der Waals surface area contributed by atoms with E-state index in [1.807, 2.05) is 23.6 Å². The third-order valence-electron chi connectivity index (χ3n) is 4.55. The second kappa shape index (κ2) is 9.32. The van der Waals surface area contributed by atoms with Gasteiger partial charge in [0.1, 0.15) is 0 Å². The number of nitrogens with zero attached hydrogens (tertiary/aromatic N) is 2. The number of hydrogen-bond acceptors (Lipinski definition) is 5. The minimum absolute atomic E-state index is 0.000933. The molecule has 0 spiro atoms. The molecule has 0 bridgehead atoms. The molecule has 0 saturated carbocycles. The average Bonchev–Trinajstić information content (AvgIpc) is 3.17. The number of rotatable bonds is 5. The third kappa shape index (κ3) is 5.07. The summed E-state index contributed by atoms with van der Waals surface area (Å²) in [6.07, 6.45) is 3.65. The molecular weight excluding hydrogens is 376 g/mol. The van der Waals surface area contributed by atoms with Gasteiger partial charge in [0, 0.05) is 43.6 Å². The number of ether oxygens (including phenoxy) is 1. The molecule has 1 saturated heterocycles. The molecule has 1 aliphatic rings. The first kappa shape index (κ1) is 19.8. The standard InChI is InChI=1S/C21H22N2O4S/c1-27-21(26)17-5-2-4-16(14-17)15-23-12-11-22(10-9-20(23)25)19(24)8-7-18-6-3-13-28-18/h2-8,13-14H,9-12,15H2,1H3/b8-7+. The number of methoxy groups -OCH3 is 1. The van der Waals surface area contributed by atoms with Crippen LogP contribution >= 0.6 is 11.3 Å². The summed E-state index contributed by atoms with van der Waals surface area (Å²) in [6.45, 7) is 1.75. The van der Waals surface area contributed by atoms with Crippen LogP contribution < -0.4 is 0 Å². The highest BCUT2D eigenvalue weighted by molar-refractivity contribution is 7.10. The number of benzene rings is 1. The molecule has 28 heavy (non-hydrogen) atoms. The fourth-order valence-corrected chi connectivity index (χ4v) is 3.65. The van der Waals surface area contributed by atoms with Gasteiger partial charge >= 0.3 is 5.97 Å². The van der Waals surface area contributed by atoms with E-state index in [1.165, 1.54) is 7.11 Å². The third-order valence-corrected chi connectivity index (χ3v) is 5.39. The summed E-state index contributed by atoms with van der Waals surface area (Å²) in [5.41, 5.74) is 1.31. The van der Waals surface area contributed by atoms with Gasteiger partial charge in [-0.05, 0) is 35.2 Å². The lowest BCUT2D eigenvalue weighted by molar-refractivity contribution is -0.130. The van der Waals surface area contributed by atoms with Gasteiger partial charge in [0.05, 0.1) is 12.7 Å². The Morgan fingerprint density at radius 3 is 2.79 bits per heavy atom. The van der Waals surface area contributed by atoms with E-state index < -0.39 is 5.97 Å². The summed E-state index contributed by atoms with van der Waals surface area (Å²) >= 11 is 1.57. The van der Waals surface area contributed by atoms with Crippen LogP contribution in [-0.2, 0) is 20.9 Å². The minimum Gasteiger partial charge on any atom is -0.465 e. The molecule has 3 rings (SSSR count). The zero-order chi connectivity index (χ0) is 19.9.